The number of ether oxygens (including phenoxy) is 1. The first-order chi connectivity index (χ1) is 14.5. The number of rotatable bonds is 6. The molecular formula is C22H18ClFN4O2. The van der Waals surface area contributed by atoms with E-state index in [1.165, 1.54) is 18.2 Å². The number of hydrogen-bond donors (Lipinski definition) is 0. The molecule has 1 aromatic carbocycles. The van der Waals surface area contributed by atoms with Gasteiger partial charge in [-0.3, -0.25) is 9.78 Å². The van der Waals surface area contributed by atoms with Gasteiger partial charge in [0.15, 0.2) is 11.6 Å². The van der Waals surface area contributed by atoms with Crippen molar-refractivity contribution < 1.29 is 13.9 Å². The van der Waals surface area contributed by atoms with Crippen molar-refractivity contribution in [1.29, 1.82) is 0 Å². The van der Waals surface area contributed by atoms with Gasteiger partial charge in [0.1, 0.15) is 0 Å². The number of hydrogen-bond acceptors (Lipinski definition) is 5. The molecule has 1 fully saturated rings. The van der Waals surface area contributed by atoms with E-state index in [4.69, 9.17) is 16.3 Å². The van der Waals surface area contributed by atoms with Crippen molar-refractivity contribution >= 4 is 17.5 Å². The minimum absolute atomic E-state index is 0.0190. The molecule has 3 aromatic rings. The SMILES string of the molecule is C=CC(=O)N1CC(Cc2cncc(-c3cnc(Oc4cccc(Cl)c4F)nc3)c2)C1. The Kier molecular flexibility index (Phi) is 5.72. The summed E-state index contributed by atoms with van der Waals surface area (Å²) in [7, 11) is 0. The molecule has 1 amide bonds. The highest BCUT2D eigenvalue weighted by Crippen LogP contribution is 2.28. The molecular weight excluding hydrogens is 407 g/mol. The van der Waals surface area contributed by atoms with E-state index in [1.54, 1.807) is 29.6 Å². The smallest absolute Gasteiger partial charge is 0.321 e. The van der Waals surface area contributed by atoms with Gasteiger partial charge < -0.3 is 9.64 Å². The molecule has 0 aliphatic carbocycles. The highest BCUT2D eigenvalue weighted by molar-refractivity contribution is 6.30. The van der Waals surface area contributed by atoms with Crippen LogP contribution in [0.15, 0.2) is 61.7 Å². The third-order valence-electron chi connectivity index (χ3n) is 4.84. The number of pyridine rings is 1. The zero-order chi connectivity index (χ0) is 21.1. The summed E-state index contributed by atoms with van der Waals surface area (Å²) in [6, 6.07) is 6.52. The van der Waals surface area contributed by atoms with Crippen molar-refractivity contribution in [3.8, 4) is 22.9 Å². The quantitative estimate of drug-likeness (QED) is 0.551. The maximum atomic E-state index is 14.0. The van der Waals surface area contributed by atoms with Crippen LogP contribution in [0.25, 0.3) is 11.1 Å². The van der Waals surface area contributed by atoms with E-state index in [-0.39, 0.29) is 22.7 Å². The lowest BCUT2D eigenvalue weighted by molar-refractivity contribution is -0.132. The standard InChI is InChI=1S/C22H18ClFN4O2/c1-2-20(29)28-12-15(13-28)6-14-7-16(9-25-8-14)17-10-26-22(27-11-17)30-19-5-3-4-18(23)21(19)24/h2-5,7-11,15H,1,6,12-13H2. The van der Waals surface area contributed by atoms with E-state index in [2.05, 4.69) is 21.5 Å². The van der Waals surface area contributed by atoms with Gasteiger partial charge in [0, 0.05) is 49.0 Å². The van der Waals surface area contributed by atoms with Crippen molar-refractivity contribution in [2.75, 3.05) is 13.1 Å². The Morgan fingerprint density at radius 2 is 2.00 bits per heavy atom. The third kappa shape index (κ3) is 4.31. The molecule has 0 spiro atoms. The minimum atomic E-state index is -0.659. The van der Waals surface area contributed by atoms with E-state index in [9.17, 15) is 9.18 Å². The predicted molar refractivity (Wildman–Crippen MR) is 111 cm³/mol. The van der Waals surface area contributed by atoms with Gasteiger partial charge in [-0.05, 0) is 42.2 Å². The second-order valence-electron chi connectivity index (χ2n) is 7.01. The molecule has 0 saturated carbocycles. The molecule has 1 saturated heterocycles. The van der Waals surface area contributed by atoms with Crippen LogP contribution in [0.1, 0.15) is 5.56 Å². The molecule has 2 aromatic heterocycles. The number of benzene rings is 1. The summed E-state index contributed by atoms with van der Waals surface area (Å²) in [5.74, 6) is -0.322. The van der Waals surface area contributed by atoms with Crippen molar-refractivity contribution in [2.45, 2.75) is 6.42 Å². The Bertz CT molecular complexity index is 1080. The number of likely N-dealkylation sites (tertiary alicyclic amines) is 1. The average molecular weight is 425 g/mol. The van der Waals surface area contributed by atoms with Gasteiger partial charge in [0.2, 0.25) is 5.91 Å². The Labute approximate surface area is 178 Å². The third-order valence-corrected chi connectivity index (χ3v) is 5.13. The van der Waals surface area contributed by atoms with Gasteiger partial charge >= 0.3 is 6.01 Å². The summed E-state index contributed by atoms with van der Waals surface area (Å²) >= 11 is 5.76. The molecule has 0 atom stereocenters. The summed E-state index contributed by atoms with van der Waals surface area (Å²) in [6.45, 7) is 4.96. The van der Waals surface area contributed by atoms with Gasteiger partial charge in [-0.1, -0.05) is 24.2 Å². The predicted octanol–water partition coefficient (Wildman–Crippen LogP) is 4.31. The number of carbonyl (C=O) groups excluding carboxylic acids is 1. The first-order valence-electron chi connectivity index (χ1n) is 9.33. The van der Waals surface area contributed by atoms with Crippen LogP contribution < -0.4 is 4.74 Å². The Hall–Kier alpha value is -3.32. The minimum Gasteiger partial charge on any atom is -0.421 e. The van der Waals surface area contributed by atoms with Gasteiger partial charge in [-0.15, -0.1) is 0 Å². The number of carbonyl (C=O) groups is 1. The largest absolute Gasteiger partial charge is 0.421 e. The molecule has 0 N–H and O–H groups in total. The zero-order valence-corrected chi connectivity index (χ0v) is 16.7. The summed E-state index contributed by atoms with van der Waals surface area (Å²) in [5.41, 5.74) is 2.70. The summed E-state index contributed by atoms with van der Waals surface area (Å²) in [4.78, 5) is 25.9. The molecule has 4 rings (SSSR count). The van der Waals surface area contributed by atoms with Gasteiger partial charge in [-0.2, -0.15) is 0 Å². The molecule has 0 unspecified atom stereocenters. The second-order valence-corrected chi connectivity index (χ2v) is 7.41. The van der Waals surface area contributed by atoms with Crippen LogP contribution >= 0.6 is 11.6 Å². The van der Waals surface area contributed by atoms with Crippen LogP contribution in [0, 0.1) is 11.7 Å². The lowest BCUT2D eigenvalue weighted by Crippen LogP contribution is -2.50. The fraction of sp³-hybridized carbons (Fsp3) is 0.182. The topological polar surface area (TPSA) is 68.2 Å². The molecule has 152 valence electrons. The lowest BCUT2D eigenvalue weighted by Gasteiger charge is -2.38. The normalized spacial score (nSPS) is 13.6. The Morgan fingerprint density at radius 3 is 2.73 bits per heavy atom. The first-order valence-corrected chi connectivity index (χ1v) is 9.71. The highest BCUT2D eigenvalue weighted by Gasteiger charge is 2.29. The average Bonchev–Trinajstić information content (AvgIpc) is 2.74. The Balaban J connectivity index is 1.42. The summed E-state index contributed by atoms with van der Waals surface area (Å²) in [6.07, 6.45) is 8.92. The Morgan fingerprint density at radius 1 is 1.23 bits per heavy atom. The molecule has 1 aliphatic rings. The van der Waals surface area contributed by atoms with Crippen molar-refractivity contribution in [2.24, 2.45) is 5.92 Å². The first kappa shape index (κ1) is 20.0. The van der Waals surface area contributed by atoms with E-state index in [0.717, 1.165) is 36.2 Å². The van der Waals surface area contributed by atoms with E-state index < -0.39 is 5.82 Å². The van der Waals surface area contributed by atoms with Gasteiger partial charge in [0.05, 0.1) is 5.02 Å². The van der Waals surface area contributed by atoms with Gasteiger partial charge in [-0.25, -0.2) is 14.4 Å². The molecule has 6 nitrogen and oxygen atoms in total. The monoisotopic (exact) mass is 424 g/mol. The molecule has 0 radical (unpaired) electrons. The van der Waals surface area contributed by atoms with Crippen LogP contribution in [-0.2, 0) is 11.2 Å². The zero-order valence-electron chi connectivity index (χ0n) is 16.0. The van der Waals surface area contributed by atoms with E-state index >= 15 is 0 Å². The molecule has 8 heteroatoms. The number of aromatic nitrogens is 3. The molecule has 0 bridgehead atoms. The van der Waals surface area contributed by atoms with Crippen LogP contribution in [0.4, 0.5) is 4.39 Å². The fourth-order valence-electron chi connectivity index (χ4n) is 3.28. The number of halogens is 2. The number of nitrogens with zero attached hydrogens (tertiary/aromatic N) is 4. The molecule has 30 heavy (non-hydrogen) atoms. The van der Waals surface area contributed by atoms with E-state index in [0.29, 0.717) is 5.92 Å². The number of amides is 1. The highest BCUT2D eigenvalue weighted by atomic mass is 35.5. The van der Waals surface area contributed by atoms with Crippen molar-refractivity contribution in [3.63, 3.8) is 0 Å². The van der Waals surface area contributed by atoms with Crippen LogP contribution in [0.2, 0.25) is 5.02 Å². The van der Waals surface area contributed by atoms with E-state index in [1.807, 2.05) is 12.3 Å². The van der Waals surface area contributed by atoms with Crippen LogP contribution in [-0.4, -0.2) is 38.8 Å². The molecule has 1 aliphatic heterocycles. The van der Waals surface area contributed by atoms with Crippen molar-refractivity contribution in [3.05, 3.63) is 78.1 Å². The maximum absolute atomic E-state index is 14.0. The maximum Gasteiger partial charge on any atom is 0.321 e. The second kappa shape index (κ2) is 8.59. The van der Waals surface area contributed by atoms with Crippen LogP contribution in [0.3, 0.4) is 0 Å². The van der Waals surface area contributed by atoms with Crippen molar-refractivity contribution in [1.82, 2.24) is 19.9 Å². The lowest BCUT2D eigenvalue weighted by atomic mass is 9.92. The van der Waals surface area contributed by atoms with Crippen LogP contribution in [0.5, 0.6) is 11.8 Å². The summed E-state index contributed by atoms with van der Waals surface area (Å²) in [5, 5.41) is -0.0320. The summed E-state index contributed by atoms with van der Waals surface area (Å²) < 4.78 is 19.3. The molecule has 3 heterocycles. The fourth-order valence-corrected chi connectivity index (χ4v) is 3.44. The van der Waals surface area contributed by atoms with Gasteiger partial charge in [0.25, 0.3) is 0 Å².